The summed E-state index contributed by atoms with van der Waals surface area (Å²) >= 11 is 0. The third kappa shape index (κ3) is 5.36. The van der Waals surface area contributed by atoms with E-state index in [9.17, 15) is 4.79 Å². The molecule has 1 aliphatic rings. The molecule has 0 saturated carbocycles. The second-order valence-corrected chi connectivity index (χ2v) is 5.50. The molecule has 1 amide bonds. The van der Waals surface area contributed by atoms with Crippen LogP contribution in [0.25, 0.3) is 0 Å². The summed E-state index contributed by atoms with van der Waals surface area (Å²) < 4.78 is 0. The van der Waals surface area contributed by atoms with Crippen molar-refractivity contribution >= 4 is 5.91 Å². The first-order valence-electron chi connectivity index (χ1n) is 7.33. The van der Waals surface area contributed by atoms with Crippen LogP contribution < -0.4 is 5.73 Å². The number of rotatable bonds is 6. The second-order valence-electron chi connectivity index (χ2n) is 5.50. The van der Waals surface area contributed by atoms with Gasteiger partial charge in [-0.05, 0) is 46.3 Å². The Morgan fingerprint density at radius 3 is 2.67 bits per heavy atom. The first kappa shape index (κ1) is 15.4. The molecule has 0 aromatic rings. The smallest absolute Gasteiger partial charge is 0.222 e. The van der Waals surface area contributed by atoms with E-state index in [1.54, 1.807) is 0 Å². The van der Waals surface area contributed by atoms with E-state index in [0.717, 1.165) is 58.3 Å². The van der Waals surface area contributed by atoms with Crippen LogP contribution in [0.4, 0.5) is 0 Å². The van der Waals surface area contributed by atoms with Gasteiger partial charge in [0.25, 0.3) is 0 Å². The quantitative estimate of drug-likeness (QED) is 0.731. The zero-order chi connectivity index (χ0) is 13.4. The molecule has 0 bridgehead atoms. The number of amides is 1. The fraction of sp³-hybridized carbons (Fsp3) is 0.929. The Morgan fingerprint density at radius 1 is 1.22 bits per heavy atom. The topological polar surface area (TPSA) is 49.6 Å². The van der Waals surface area contributed by atoms with Gasteiger partial charge in [-0.3, -0.25) is 4.79 Å². The molecule has 4 heteroatoms. The third-order valence-electron chi connectivity index (χ3n) is 3.71. The van der Waals surface area contributed by atoms with E-state index in [0.29, 0.717) is 18.4 Å². The molecular formula is C14H29N3O. The van der Waals surface area contributed by atoms with Crippen LogP contribution in [-0.2, 0) is 4.79 Å². The summed E-state index contributed by atoms with van der Waals surface area (Å²) in [6.45, 7) is 5.95. The maximum atomic E-state index is 12.2. The highest BCUT2D eigenvalue weighted by atomic mass is 16.2. The van der Waals surface area contributed by atoms with Gasteiger partial charge in [0.05, 0.1) is 0 Å². The highest BCUT2D eigenvalue weighted by Crippen LogP contribution is 2.12. The number of carbonyl (C=O) groups excluding carboxylic acids is 1. The van der Waals surface area contributed by atoms with Crippen LogP contribution in [0.1, 0.15) is 45.4 Å². The van der Waals surface area contributed by atoms with Crippen LogP contribution in [0, 0.1) is 0 Å². The van der Waals surface area contributed by atoms with Gasteiger partial charge in [0, 0.05) is 25.6 Å². The molecule has 1 rings (SSSR count). The molecule has 0 aliphatic carbocycles. The Bertz CT molecular complexity index is 245. The molecule has 2 N–H and O–H groups in total. The van der Waals surface area contributed by atoms with E-state index < -0.39 is 0 Å². The van der Waals surface area contributed by atoms with Gasteiger partial charge < -0.3 is 15.5 Å². The van der Waals surface area contributed by atoms with Crippen LogP contribution in [0.15, 0.2) is 0 Å². The van der Waals surface area contributed by atoms with Crippen LogP contribution >= 0.6 is 0 Å². The van der Waals surface area contributed by atoms with E-state index >= 15 is 0 Å². The number of likely N-dealkylation sites (N-methyl/N-ethyl adjacent to an activating group) is 1. The van der Waals surface area contributed by atoms with Crippen molar-refractivity contribution in [3.63, 3.8) is 0 Å². The maximum Gasteiger partial charge on any atom is 0.222 e. The molecule has 106 valence electrons. The summed E-state index contributed by atoms with van der Waals surface area (Å²) in [5, 5.41) is 0. The Kier molecular flexibility index (Phi) is 7.28. The summed E-state index contributed by atoms with van der Waals surface area (Å²) in [4.78, 5) is 16.6. The zero-order valence-corrected chi connectivity index (χ0v) is 12.0. The van der Waals surface area contributed by atoms with Crippen LogP contribution in [0.3, 0.4) is 0 Å². The summed E-state index contributed by atoms with van der Waals surface area (Å²) in [5.74, 6) is 0.338. The van der Waals surface area contributed by atoms with Gasteiger partial charge >= 0.3 is 0 Å². The SMILES string of the molecule is CC1CN(C)CCCN1C(=O)CCCCCCN. The van der Waals surface area contributed by atoms with E-state index in [2.05, 4.69) is 23.8 Å². The van der Waals surface area contributed by atoms with E-state index in [4.69, 9.17) is 5.73 Å². The molecule has 0 aromatic carbocycles. The number of unbranched alkanes of at least 4 members (excludes halogenated alkanes) is 3. The molecule has 18 heavy (non-hydrogen) atoms. The Morgan fingerprint density at radius 2 is 1.94 bits per heavy atom. The number of carbonyl (C=O) groups is 1. The number of hydrogen-bond donors (Lipinski definition) is 1. The molecule has 4 nitrogen and oxygen atoms in total. The van der Waals surface area contributed by atoms with Crippen molar-refractivity contribution in [1.82, 2.24) is 9.80 Å². The molecule has 1 fully saturated rings. The molecule has 1 atom stereocenters. The van der Waals surface area contributed by atoms with Gasteiger partial charge in [0.1, 0.15) is 0 Å². The molecule has 0 radical (unpaired) electrons. The first-order valence-corrected chi connectivity index (χ1v) is 7.33. The van der Waals surface area contributed by atoms with E-state index in [1.165, 1.54) is 0 Å². The predicted octanol–water partition coefficient (Wildman–Crippen LogP) is 1.45. The molecular weight excluding hydrogens is 226 g/mol. The molecule has 1 heterocycles. The molecule has 0 spiro atoms. The van der Waals surface area contributed by atoms with Gasteiger partial charge in [0.15, 0.2) is 0 Å². The lowest BCUT2D eigenvalue weighted by Gasteiger charge is -2.28. The fourth-order valence-electron chi connectivity index (χ4n) is 2.66. The van der Waals surface area contributed by atoms with Crippen molar-refractivity contribution in [1.29, 1.82) is 0 Å². The lowest BCUT2D eigenvalue weighted by atomic mass is 10.1. The van der Waals surface area contributed by atoms with Crippen molar-refractivity contribution in [3.8, 4) is 0 Å². The fourth-order valence-corrected chi connectivity index (χ4v) is 2.66. The van der Waals surface area contributed by atoms with Crippen molar-refractivity contribution in [2.75, 3.05) is 33.2 Å². The van der Waals surface area contributed by atoms with Crippen LogP contribution in [-0.4, -0.2) is 55.0 Å². The summed E-state index contributed by atoms with van der Waals surface area (Å²) in [6, 6.07) is 0.356. The third-order valence-corrected chi connectivity index (χ3v) is 3.71. The van der Waals surface area contributed by atoms with Crippen LogP contribution in [0.5, 0.6) is 0 Å². The second kappa shape index (κ2) is 8.48. The largest absolute Gasteiger partial charge is 0.339 e. The summed E-state index contributed by atoms with van der Waals surface area (Å²) in [7, 11) is 2.14. The lowest BCUT2D eigenvalue weighted by molar-refractivity contribution is -0.133. The molecule has 0 aromatic heterocycles. The minimum atomic E-state index is 0.338. The standard InChI is InChI=1S/C14H29N3O/c1-13-12-16(2)10-7-11-17(13)14(18)8-5-3-4-6-9-15/h13H,3-12,15H2,1-2H3. The minimum Gasteiger partial charge on any atom is -0.339 e. The lowest BCUT2D eigenvalue weighted by Crippen LogP contribution is -2.41. The first-order chi connectivity index (χ1) is 8.65. The highest BCUT2D eigenvalue weighted by Gasteiger charge is 2.23. The normalized spacial score (nSPS) is 21.9. The van der Waals surface area contributed by atoms with E-state index in [1.807, 2.05) is 0 Å². The Balaban J connectivity index is 2.26. The van der Waals surface area contributed by atoms with Gasteiger partial charge in [0.2, 0.25) is 5.91 Å². The highest BCUT2D eigenvalue weighted by molar-refractivity contribution is 5.76. The number of nitrogens with zero attached hydrogens (tertiary/aromatic N) is 2. The van der Waals surface area contributed by atoms with Crippen LogP contribution in [0.2, 0.25) is 0 Å². The molecule has 1 unspecified atom stereocenters. The Hall–Kier alpha value is -0.610. The van der Waals surface area contributed by atoms with Crippen molar-refractivity contribution < 1.29 is 4.79 Å². The molecule has 1 saturated heterocycles. The maximum absolute atomic E-state index is 12.2. The molecule has 1 aliphatic heterocycles. The van der Waals surface area contributed by atoms with Gasteiger partial charge in [-0.15, -0.1) is 0 Å². The van der Waals surface area contributed by atoms with Crippen molar-refractivity contribution in [3.05, 3.63) is 0 Å². The number of nitrogens with two attached hydrogens (primary N) is 1. The summed E-state index contributed by atoms with van der Waals surface area (Å²) in [5.41, 5.74) is 5.46. The average molecular weight is 255 g/mol. The summed E-state index contributed by atoms with van der Waals surface area (Å²) in [6.07, 6.45) is 6.18. The van der Waals surface area contributed by atoms with Gasteiger partial charge in [-0.2, -0.15) is 0 Å². The zero-order valence-electron chi connectivity index (χ0n) is 12.0. The average Bonchev–Trinajstić information content (AvgIpc) is 2.49. The van der Waals surface area contributed by atoms with Crippen molar-refractivity contribution in [2.45, 2.75) is 51.5 Å². The van der Waals surface area contributed by atoms with E-state index in [-0.39, 0.29) is 0 Å². The Labute approximate surface area is 111 Å². The van der Waals surface area contributed by atoms with Crippen molar-refractivity contribution in [2.24, 2.45) is 5.73 Å². The number of hydrogen-bond acceptors (Lipinski definition) is 3. The monoisotopic (exact) mass is 255 g/mol. The van der Waals surface area contributed by atoms with Gasteiger partial charge in [-0.25, -0.2) is 0 Å². The minimum absolute atomic E-state index is 0.338. The predicted molar refractivity (Wildman–Crippen MR) is 75.4 cm³/mol. The van der Waals surface area contributed by atoms with Gasteiger partial charge in [-0.1, -0.05) is 12.8 Å².